The van der Waals surface area contributed by atoms with E-state index in [4.69, 9.17) is 8.83 Å². The van der Waals surface area contributed by atoms with Crippen molar-refractivity contribution in [2.75, 3.05) is 0 Å². The van der Waals surface area contributed by atoms with Crippen LogP contribution in [0.3, 0.4) is 0 Å². The standard InChI is InChI=1S/C68H36N6O2/c69-37-47-65(71-49-25-9-1-17-39(49)40-18-2-10-26-50(40)71)48(38-70)67(74-54-30-14-6-22-44(54)62-56(74)34-36-60-64(62)46-24-8-16-32-58(46)76-60)68(72-51-27-11-3-19-41(51)42-20-4-12-28-52(42)72)66(47)73-53-29-13-5-21-43(53)61-55(73)33-35-59-63(61)45-23-7-15-31-57(45)75-59/h1-36H. The number of nitriles is 2. The summed E-state index contributed by atoms with van der Waals surface area (Å²) in [6, 6.07) is 81.1. The van der Waals surface area contributed by atoms with Crippen molar-refractivity contribution in [2.24, 2.45) is 0 Å². The SMILES string of the molecule is N#Cc1c(-n2c3ccccc3c3ccccc32)c(C#N)c(-n2c3ccccc3c3c4c(ccc32)oc2ccccc24)c(-n2c3ccccc3c3ccccc32)c1-n1c2ccccc2c2c3c(ccc21)oc1ccccc13. The lowest BCUT2D eigenvalue weighted by molar-refractivity contribution is 0.669. The number of para-hydroxylation sites is 8. The zero-order valence-electron chi connectivity index (χ0n) is 40.3. The Kier molecular flexibility index (Phi) is 7.99. The van der Waals surface area contributed by atoms with Crippen LogP contribution in [0.25, 0.3) is 154 Å². The van der Waals surface area contributed by atoms with Crippen LogP contribution >= 0.6 is 0 Å². The van der Waals surface area contributed by atoms with Gasteiger partial charge in [0.25, 0.3) is 0 Å². The molecule has 6 aromatic heterocycles. The third-order valence-electron chi connectivity index (χ3n) is 16.0. The summed E-state index contributed by atoms with van der Waals surface area (Å²) < 4.78 is 22.3. The van der Waals surface area contributed by atoms with Crippen LogP contribution in [0.4, 0.5) is 0 Å². The summed E-state index contributed by atoms with van der Waals surface area (Å²) in [6.07, 6.45) is 0. The molecule has 0 unspecified atom stereocenters. The van der Waals surface area contributed by atoms with Crippen LogP contribution in [0.15, 0.2) is 227 Å². The van der Waals surface area contributed by atoms with Crippen molar-refractivity contribution in [3.05, 3.63) is 230 Å². The fraction of sp³-hybridized carbons (Fsp3) is 0. The maximum atomic E-state index is 12.6. The number of rotatable bonds is 4. The highest BCUT2D eigenvalue weighted by atomic mass is 16.3. The molecule has 8 heteroatoms. The third kappa shape index (κ3) is 5.09. The van der Waals surface area contributed by atoms with E-state index in [1.807, 2.05) is 36.4 Å². The fourth-order valence-electron chi connectivity index (χ4n) is 13.1. The van der Waals surface area contributed by atoms with Gasteiger partial charge in [0, 0.05) is 64.6 Å². The molecule has 0 fully saturated rings. The summed E-state index contributed by atoms with van der Waals surface area (Å²) in [5.41, 5.74) is 13.4. The Bertz CT molecular complexity index is 5190. The molecule has 350 valence electrons. The Morgan fingerprint density at radius 2 is 0.526 bits per heavy atom. The minimum absolute atomic E-state index is 0.340. The van der Waals surface area contributed by atoms with E-state index < -0.39 is 0 Å². The molecule has 0 saturated carbocycles. The van der Waals surface area contributed by atoms with Gasteiger partial charge in [-0.1, -0.05) is 146 Å². The van der Waals surface area contributed by atoms with Gasteiger partial charge in [-0.05, 0) is 72.8 Å². The quantitative estimate of drug-likeness (QED) is 0.176. The van der Waals surface area contributed by atoms with Gasteiger partial charge in [0.15, 0.2) is 0 Å². The lowest BCUT2D eigenvalue weighted by atomic mass is 9.98. The van der Waals surface area contributed by atoms with Gasteiger partial charge < -0.3 is 27.1 Å². The molecule has 0 aliphatic rings. The molecule has 76 heavy (non-hydrogen) atoms. The minimum Gasteiger partial charge on any atom is -0.456 e. The first-order valence-corrected chi connectivity index (χ1v) is 25.4. The fourth-order valence-corrected chi connectivity index (χ4v) is 13.1. The maximum Gasteiger partial charge on any atom is 0.136 e. The largest absolute Gasteiger partial charge is 0.456 e. The number of hydrogen-bond acceptors (Lipinski definition) is 4. The Morgan fingerprint density at radius 3 is 0.895 bits per heavy atom. The monoisotopic (exact) mass is 968 g/mol. The summed E-state index contributed by atoms with van der Waals surface area (Å²) in [6.45, 7) is 0. The number of aromatic nitrogens is 4. The number of nitrogens with zero attached hydrogens (tertiary/aromatic N) is 6. The minimum atomic E-state index is 0.340. The molecule has 0 aliphatic heterocycles. The number of hydrogen-bond donors (Lipinski definition) is 0. The van der Waals surface area contributed by atoms with Crippen molar-refractivity contribution in [3.63, 3.8) is 0 Å². The molecule has 8 nitrogen and oxygen atoms in total. The maximum absolute atomic E-state index is 12.6. The van der Waals surface area contributed by atoms with Gasteiger partial charge >= 0.3 is 0 Å². The molecule has 0 saturated heterocycles. The van der Waals surface area contributed by atoms with Gasteiger partial charge in [-0.2, -0.15) is 10.5 Å². The van der Waals surface area contributed by atoms with Crippen molar-refractivity contribution in [2.45, 2.75) is 0 Å². The van der Waals surface area contributed by atoms with Crippen molar-refractivity contribution in [1.29, 1.82) is 10.5 Å². The predicted octanol–water partition coefficient (Wildman–Crippen LogP) is 17.6. The molecule has 17 rings (SSSR count). The van der Waals surface area contributed by atoms with Crippen LogP contribution in [-0.4, -0.2) is 18.3 Å². The van der Waals surface area contributed by atoms with E-state index in [0.29, 0.717) is 33.9 Å². The van der Waals surface area contributed by atoms with Crippen molar-refractivity contribution in [3.8, 4) is 34.9 Å². The summed E-state index contributed by atoms with van der Waals surface area (Å²) in [5.74, 6) is 0. The topological polar surface area (TPSA) is 93.6 Å². The Morgan fingerprint density at radius 1 is 0.237 bits per heavy atom. The van der Waals surface area contributed by atoms with Gasteiger partial charge in [-0.25, -0.2) is 0 Å². The Labute approximate surface area is 431 Å². The molecular weight excluding hydrogens is 933 g/mol. The number of fused-ring (bicyclic) bond motifs is 20. The van der Waals surface area contributed by atoms with Crippen LogP contribution in [0, 0.1) is 22.7 Å². The Balaban J connectivity index is 1.20. The highest BCUT2D eigenvalue weighted by Gasteiger charge is 2.35. The van der Waals surface area contributed by atoms with Crippen LogP contribution in [-0.2, 0) is 0 Å². The number of benzene rings is 11. The smallest absolute Gasteiger partial charge is 0.136 e. The molecule has 17 aromatic rings. The predicted molar refractivity (Wildman–Crippen MR) is 308 cm³/mol. The van der Waals surface area contributed by atoms with E-state index in [2.05, 4.69) is 212 Å². The molecule has 0 atom stereocenters. The lowest BCUT2D eigenvalue weighted by Gasteiger charge is -2.27. The van der Waals surface area contributed by atoms with E-state index in [1.165, 1.54) is 0 Å². The average molecular weight is 969 g/mol. The van der Waals surface area contributed by atoms with Gasteiger partial charge in [0.1, 0.15) is 45.6 Å². The normalized spacial score (nSPS) is 12.2. The molecule has 0 radical (unpaired) electrons. The van der Waals surface area contributed by atoms with Gasteiger partial charge in [-0.15, -0.1) is 0 Å². The van der Waals surface area contributed by atoms with E-state index >= 15 is 0 Å². The van der Waals surface area contributed by atoms with Gasteiger partial charge in [0.05, 0.1) is 66.9 Å². The van der Waals surface area contributed by atoms with E-state index in [1.54, 1.807) is 0 Å². The second-order valence-electron chi connectivity index (χ2n) is 19.7. The molecule has 0 aliphatic carbocycles. The van der Waals surface area contributed by atoms with Crippen molar-refractivity contribution < 1.29 is 8.83 Å². The highest BCUT2D eigenvalue weighted by Crippen LogP contribution is 2.51. The molecule has 0 bridgehead atoms. The van der Waals surface area contributed by atoms with Crippen LogP contribution in [0.1, 0.15) is 11.1 Å². The zero-order chi connectivity index (χ0) is 49.9. The number of furan rings is 2. The zero-order valence-corrected chi connectivity index (χ0v) is 40.3. The first kappa shape index (κ1) is 40.8. The first-order valence-electron chi connectivity index (χ1n) is 25.4. The first-order chi connectivity index (χ1) is 37.7. The van der Waals surface area contributed by atoms with Crippen molar-refractivity contribution >= 4 is 131 Å². The third-order valence-corrected chi connectivity index (χ3v) is 16.0. The summed E-state index contributed by atoms with van der Waals surface area (Å²) in [7, 11) is 0. The average Bonchev–Trinajstić information content (AvgIpc) is 4.40. The van der Waals surface area contributed by atoms with Crippen molar-refractivity contribution in [1.82, 2.24) is 18.3 Å². The second kappa shape index (κ2) is 14.9. The van der Waals surface area contributed by atoms with Crippen LogP contribution < -0.4 is 0 Å². The second-order valence-corrected chi connectivity index (χ2v) is 19.7. The van der Waals surface area contributed by atoms with E-state index in [0.717, 1.165) is 131 Å². The van der Waals surface area contributed by atoms with E-state index in [9.17, 15) is 10.5 Å². The molecular formula is C68H36N6O2. The molecule has 6 heterocycles. The summed E-state index contributed by atoms with van der Waals surface area (Å²) in [5, 5.41) is 37.3. The molecule has 11 aromatic carbocycles. The highest BCUT2D eigenvalue weighted by molar-refractivity contribution is 6.29. The summed E-state index contributed by atoms with van der Waals surface area (Å²) in [4.78, 5) is 0. The Hall–Kier alpha value is -10.8. The molecule has 0 spiro atoms. The molecule has 0 amide bonds. The van der Waals surface area contributed by atoms with Gasteiger partial charge in [-0.3, -0.25) is 0 Å². The van der Waals surface area contributed by atoms with Crippen LogP contribution in [0.5, 0.6) is 0 Å². The molecule has 0 N–H and O–H groups in total. The van der Waals surface area contributed by atoms with Gasteiger partial charge in [0.2, 0.25) is 0 Å². The van der Waals surface area contributed by atoms with E-state index in [-0.39, 0.29) is 0 Å². The van der Waals surface area contributed by atoms with Crippen LogP contribution in [0.2, 0.25) is 0 Å². The lowest BCUT2D eigenvalue weighted by Crippen LogP contribution is -2.16. The summed E-state index contributed by atoms with van der Waals surface area (Å²) >= 11 is 0.